The fraction of sp³-hybridized carbons (Fsp3) is 0.0962. The van der Waals surface area contributed by atoms with Crippen LogP contribution < -0.4 is 4.90 Å². The summed E-state index contributed by atoms with van der Waals surface area (Å²) in [7, 11) is 0. The lowest BCUT2D eigenvalue weighted by Gasteiger charge is -2.47. The van der Waals surface area contributed by atoms with E-state index in [2.05, 4.69) is 185 Å². The number of rotatable bonds is 3. The fourth-order valence-corrected chi connectivity index (χ4v) is 10.4. The van der Waals surface area contributed by atoms with Gasteiger partial charge in [-0.15, -0.1) is 0 Å². The fourth-order valence-electron chi connectivity index (χ4n) is 10.4. The summed E-state index contributed by atoms with van der Waals surface area (Å²) in [6, 6.07) is 56.1. The lowest BCUT2D eigenvalue weighted by atomic mass is 9.62. The molecule has 55 heavy (non-hydrogen) atoms. The van der Waals surface area contributed by atoms with Crippen LogP contribution >= 0.6 is 0 Å². The van der Waals surface area contributed by atoms with Crippen molar-refractivity contribution in [2.24, 2.45) is 0 Å². The summed E-state index contributed by atoms with van der Waals surface area (Å²) in [5.74, 6) is 0. The molecule has 0 radical (unpaired) electrons. The van der Waals surface area contributed by atoms with Gasteiger partial charge in [-0.3, -0.25) is 0 Å². The Morgan fingerprint density at radius 3 is 2.31 bits per heavy atom. The van der Waals surface area contributed by atoms with Gasteiger partial charge in [-0.05, 0) is 102 Å². The predicted octanol–water partition coefficient (Wildman–Crippen LogP) is 12.9. The van der Waals surface area contributed by atoms with Crippen LogP contribution in [0.5, 0.6) is 0 Å². The van der Waals surface area contributed by atoms with E-state index in [0.717, 1.165) is 53.5 Å². The van der Waals surface area contributed by atoms with Gasteiger partial charge in [0.25, 0.3) is 0 Å². The molecule has 3 aliphatic carbocycles. The second kappa shape index (κ2) is 11.6. The van der Waals surface area contributed by atoms with Crippen LogP contribution in [0.1, 0.15) is 47.2 Å². The van der Waals surface area contributed by atoms with Gasteiger partial charge >= 0.3 is 0 Å². The van der Waals surface area contributed by atoms with E-state index in [0.29, 0.717) is 0 Å². The van der Waals surface area contributed by atoms with Gasteiger partial charge in [0.2, 0.25) is 0 Å². The monoisotopic (exact) mass is 703 g/mol. The summed E-state index contributed by atoms with van der Waals surface area (Å²) in [5.41, 5.74) is 19.9. The molecule has 0 bridgehead atoms. The Labute approximate surface area is 320 Å². The maximum absolute atomic E-state index is 5.09. The second-order valence-electron chi connectivity index (χ2n) is 15.2. The highest BCUT2D eigenvalue weighted by Crippen LogP contribution is 2.64. The molecule has 4 aliphatic rings. The normalized spacial score (nSPS) is 17.7. The van der Waals surface area contributed by atoms with Crippen LogP contribution in [0, 0.1) is 0 Å². The Hall–Kier alpha value is -6.71. The zero-order valence-electron chi connectivity index (χ0n) is 30.4. The lowest BCUT2D eigenvalue weighted by Crippen LogP contribution is -2.39. The third-order valence-electron chi connectivity index (χ3n) is 12.5. The van der Waals surface area contributed by atoms with Crippen molar-refractivity contribution < 1.29 is 0 Å². The number of hydrogen-bond donors (Lipinski definition) is 0. The first-order valence-corrected chi connectivity index (χ1v) is 19.6. The number of hydrogen-bond acceptors (Lipinski definition) is 2. The Morgan fingerprint density at radius 1 is 0.582 bits per heavy atom. The Balaban J connectivity index is 1.14. The molecule has 6 aromatic carbocycles. The number of pyridine rings is 1. The maximum Gasteiger partial charge on any atom is 0.0717 e. The molecule has 12 rings (SSSR count). The maximum atomic E-state index is 5.09. The molecule has 1 spiro atoms. The first kappa shape index (κ1) is 30.7. The molecule has 0 saturated carbocycles. The molecule has 0 fully saturated rings. The minimum atomic E-state index is -0.438. The van der Waals surface area contributed by atoms with E-state index in [1.807, 2.05) is 0 Å². The number of anilines is 2. The van der Waals surface area contributed by atoms with Crippen LogP contribution in [0.3, 0.4) is 0 Å². The van der Waals surface area contributed by atoms with Gasteiger partial charge in [-0.2, -0.15) is 0 Å². The number of nitrogens with zero attached hydrogens (tertiary/aromatic N) is 3. The van der Waals surface area contributed by atoms with Gasteiger partial charge in [-0.25, -0.2) is 4.98 Å². The van der Waals surface area contributed by atoms with Crippen LogP contribution in [0.25, 0.3) is 56.0 Å². The molecule has 260 valence electrons. The number of fused-ring (bicyclic) bond motifs is 13. The Morgan fingerprint density at radius 2 is 1.36 bits per heavy atom. The van der Waals surface area contributed by atoms with Crippen LogP contribution in [-0.2, 0) is 11.8 Å². The van der Waals surface area contributed by atoms with Crippen molar-refractivity contribution in [3.63, 3.8) is 0 Å². The molecule has 0 N–H and O–H groups in total. The molecule has 8 aromatic rings. The van der Waals surface area contributed by atoms with E-state index in [4.69, 9.17) is 4.98 Å². The molecule has 2 aromatic heterocycles. The largest absolute Gasteiger partial charge is 0.312 e. The average molecular weight is 704 g/mol. The van der Waals surface area contributed by atoms with Gasteiger partial charge in [0, 0.05) is 50.2 Å². The van der Waals surface area contributed by atoms with Crippen molar-refractivity contribution in [2.75, 3.05) is 4.90 Å². The minimum Gasteiger partial charge on any atom is -0.312 e. The molecule has 0 saturated heterocycles. The van der Waals surface area contributed by atoms with Crippen LogP contribution in [-0.4, -0.2) is 9.55 Å². The summed E-state index contributed by atoms with van der Waals surface area (Å²) < 4.78 is 2.59. The van der Waals surface area contributed by atoms with Gasteiger partial charge in [0.1, 0.15) is 0 Å². The van der Waals surface area contributed by atoms with Gasteiger partial charge in [0.15, 0.2) is 0 Å². The van der Waals surface area contributed by atoms with Crippen LogP contribution in [0.15, 0.2) is 181 Å². The topological polar surface area (TPSA) is 21.1 Å². The number of benzene rings is 6. The van der Waals surface area contributed by atoms with Crippen molar-refractivity contribution in [1.82, 2.24) is 9.55 Å². The second-order valence-corrected chi connectivity index (χ2v) is 15.2. The number of allylic oxidation sites excluding steroid dienone is 4. The highest BCUT2D eigenvalue weighted by atomic mass is 15.2. The molecule has 1 aliphatic heterocycles. The van der Waals surface area contributed by atoms with Crippen molar-refractivity contribution in [2.45, 2.75) is 31.1 Å². The first-order valence-electron chi connectivity index (χ1n) is 19.6. The molecule has 0 amide bonds. The predicted molar refractivity (Wildman–Crippen MR) is 227 cm³/mol. The van der Waals surface area contributed by atoms with E-state index in [-0.39, 0.29) is 0 Å². The van der Waals surface area contributed by atoms with Crippen molar-refractivity contribution >= 4 is 39.3 Å². The minimum absolute atomic E-state index is 0.438. The third kappa shape index (κ3) is 4.18. The lowest BCUT2D eigenvalue weighted by molar-refractivity contribution is 0.664. The SMILES string of the molecule is C1=CC2=C(CC1)C1(c3ccccc3-c3c1ccc1c4c(n(-c5ccccc5)c31)CCC=C4)c1ccccc1N2c1cccc(-c2ccc3ccccc3n2)c1. The summed E-state index contributed by atoms with van der Waals surface area (Å²) in [6.07, 6.45) is 13.6. The molecular weight excluding hydrogens is 667 g/mol. The average Bonchev–Trinajstić information content (AvgIpc) is 3.75. The quantitative estimate of drug-likeness (QED) is 0.183. The highest BCUT2D eigenvalue weighted by molar-refractivity contribution is 6.08. The Bertz CT molecular complexity index is 3000. The summed E-state index contributed by atoms with van der Waals surface area (Å²) in [6.45, 7) is 0. The van der Waals surface area contributed by atoms with Gasteiger partial charge in [0.05, 0.1) is 27.8 Å². The molecular formula is C52H37N3. The first-order chi connectivity index (χ1) is 27.3. The van der Waals surface area contributed by atoms with E-state index >= 15 is 0 Å². The molecule has 3 heterocycles. The van der Waals surface area contributed by atoms with Gasteiger partial charge < -0.3 is 9.47 Å². The molecule has 1 unspecified atom stereocenters. The van der Waals surface area contributed by atoms with Crippen LogP contribution in [0.4, 0.5) is 11.4 Å². The summed E-state index contributed by atoms with van der Waals surface area (Å²) in [5, 5.41) is 2.49. The van der Waals surface area contributed by atoms with E-state index in [1.54, 1.807) is 0 Å². The highest BCUT2D eigenvalue weighted by Gasteiger charge is 2.53. The smallest absolute Gasteiger partial charge is 0.0717 e. The van der Waals surface area contributed by atoms with Crippen molar-refractivity contribution in [1.29, 1.82) is 0 Å². The zero-order valence-corrected chi connectivity index (χ0v) is 30.4. The third-order valence-corrected chi connectivity index (χ3v) is 12.5. The van der Waals surface area contributed by atoms with Crippen molar-refractivity contribution in [3.05, 3.63) is 209 Å². The molecule has 3 nitrogen and oxygen atoms in total. The number of aromatic nitrogens is 2. The van der Waals surface area contributed by atoms with Crippen molar-refractivity contribution in [3.8, 4) is 28.1 Å². The Kier molecular flexibility index (Phi) is 6.50. The van der Waals surface area contributed by atoms with E-state index in [9.17, 15) is 0 Å². The standard InChI is InChI=1S/C52H37N3/c1-2-17-36(18-3-1)55-47-26-11-6-20-38(47)39-30-31-44-50(51(39)55)40-21-5-7-22-41(40)52(44)42-23-8-12-27-48(42)54(49-28-13-9-24-43(49)52)37-19-14-16-35(33-37)46-32-29-34-15-4-10-25-45(34)53-46/h1-8,10,12-23,25,27-33H,9,11,24,26H2. The number of para-hydroxylation sites is 3. The van der Waals surface area contributed by atoms with Crippen LogP contribution in [0.2, 0.25) is 0 Å². The van der Waals surface area contributed by atoms with E-state index in [1.165, 1.54) is 72.6 Å². The van der Waals surface area contributed by atoms with Gasteiger partial charge in [-0.1, -0.05) is 127 Å². The summed E-state index contributed by atoms with van der Waals surface area (Å²) >= 11 is 0. The van der Waals surface area contributed by atoms with E-state index < -0.39 is 5.41 Å². The molecule has 3 heteroatoms. The zero-order chi connectivity index (χ0) is 36.1. The molecule has 1 atom stereocenters. The summed E-state index contributed by atoms with van der Waals surface area (Å²) in [4.78, 5) is 7.61.